The van der Waals surface area contributed by atoms with E-state index in [1.54, 1.807) is 20.0 Å². The van der Waals surface area contributed by atoms with Crippen molar-refractivity contribution in [2.24, 2.45) is 29.6 Å². The van der Waals surface area contributed by atoms with Gasteiger partial charge in [-0.1, -0.05) is 118 Å². The van der Waals surface area contributed by atoms with Crippen LogP contribution < -0.4 is 37.2 Å². The van der Waals surface area contributed by atoms with Gasteiger partial charge >= 0.3 is 0 Å². The monoisotopic (exact) mass is 875 g/mol. The van der Waals surface area contributed by atoms with E-state index in [-0.39, 0.29) is 43.1 Å². The summed E-state index contributed by atoms with van der Waals surface area (Å²) in [6, 6.07) is 10.6. The number of benzene rings is 2. The Morgan fingerprint density at radius 1 is 0.548 bits per heavy atom. The fraction of sp³-hybridized carbons (Fsp3) is 0.574. The van der Waals surface area contributed by atoms with Crippen molar-refractivity contribution in [2.45, 2.75) is 136 Å². The molecule has 6 amide bonds. The van der Waals surface area contributed by atoms with Crippen LogP contribution in [0, 0.1) is 29.6 Å². The van der Waals surface area contributed by atoms with Gasteiger partial charge in [-0.2, -0.15) is 12.6 Å². The Balaban J connectivity index is 1.81. The molecule has 1 fully saturated rings. The number of amides is 6. The highest BCUT2D eigenvalue weighted by Crippen LogP contribution is 2.21. The lowest BCUT2D eigenvalue weighted by Gasteiger charge is -2.32. The third kappa shape index (κ3) is 13.8. The summed E-state index contributed by atoms with van der Waals surface area (Å²) in [7, 11) is 0. The van der Waals surface area contributed by atoms with Crippen LogP contribution in [0.1, 0.15) is 86.8 Å². The molecule has 15 heteroatoms. The van der Waals surface area contributed by atoms with Gasteiger partial charge in [0, 0.05) is 41.4 Å². The number of carbonyl (C=O) groups is 6. The Morgan fingerprint density at radius 2 is 1.03 bits per heavy atom. The van der Waals surface area contributed by atoms with Gasteiger partial charge in [-0.3, -0.25) is 28.8 Å². The Labute approximate surface area is 372 Å². The summed E-state index contributed by atoms with van der Waals surface area (Å²) >= 11 is 4.94. The molecule has 1 aromatic heterocycles. The van der Waals surface area contributed by atoms with Crippen LogP contribution in [0.3, 0.4) is 0 Å². The van der Waals surface area contributed by atoms with Crippen LogP contribution in [-0.4, -0.2) is 94.5 Å². The van der Waals surface area contributed by atoms with Crippen molar-refractivity contribution in [1.82, 2.24) is 42.2 Å². The normalized spacial score (nSPS) is 24.9. The predicted molar refractivity (Wildman–Crippen MR) is 247 cm³/mol. The second-order valence-electron chi connectivity index (χ2n) is 18.5. The number of carbonyl (C=O) groups excluding carboxylic acids is 6. The second-order valence-corrected chi connectivity index (χ2v) is 19.2. The van der Waals surface area contributed by atoms with Gasteiger partial charge in [0.2, 0.25) is 35.4 Å². The second kappa shape index (κ2) is 23.0. The van der Waals surface area contributed by atoms with Crippen LogP contribution in [0.25, 0.3) is 10.9 Å². The lowest BCUT2D eigenvalue weighted by molar-refractivity contribution is -0.136. The summed E-state index contributed by atoms with van der Waals surface area (Å²) in [5.41, 5.74) is 2.58. The first-order valence-corrected chi connectivity index (χ1v) is 22.6. The van der Waals surface area contributed by atoms with Crippen molar-refractivity contribution < 1.29 is 28.8 Å². The fourth-order valence-electron chi connectivity index (χ4n) is 7.67. The SMILES string of the molecule is CC(C)C[C@H]1NC(=O)[C@H](Cc2c[nH]c3ccccc23)NC(=O)[C@@H](C(C)C)NC(=O)[C@H](C(S)Cc2ccccc2)NC[C@H](C(C)C)NC(=O)[C@@H](C(C)C)NC(=O)[C@H](C(C)C)NC1=O. The standard InChI is InChI=1S/C47H70N8O6S/c1-25(2)20-34-43(57)53-40(29(9)10)46(60)54-39(28(7)8)45(59)52-36(26(3)4)24-49-41(37(62)21-30-16-12-11-13-17-30)47(61)55-38(27(5)6)44(58)51-35(42(56)50-34)22-31-23-48-33-19-15-14-18-32(31)33/h11-19,23,25-29,34-41,48-49,62H,20-22,24H2,1-10H3,(H,50,56)(H,51,58)(H,52,59)(H,53,57)(H,54,60)(H,55,61)/t34-,35+,36-,37?,38-,39-,40+,41+/m1/s1. The molecule has 1 saturated heterocycles. The Bertz CT molecular complexity index is 1980. The molecule has 0 aliphatic carbocycles. The van der Waals surface area contributed by atoms with Gasteiger partial charge in [0.25, 0.3) is 0 Å². The van der Waals surface area contributed by atoms with Crippen molar-refractivity contribution in [2.75, 3.05) is 6.54 Å². The largest absolute Gasteiger partial charge is 0.361 e. The van der Waals surface area contributed by atoms with Crippen molar-refractivity contribution >= 4 is 59.0 Å². The van der Waals surface area contributed by atoms with Crippen LogP contribution in [0.4, 0.5) is 0 Å². The molecule has 2 heterocycles. The maximum atomic E-state index is 14.5. The van der Waals surface area contributed by atoms with Gasteiger partial charge in [0.05, 0.1) is 6.04 Å². The number of aromatic amines is 1. The molecular formula is C47H70N8O6S. The predicted octanol–water partition coefficient (Wildman–Crippen LogP) is 3.80. The molecule has 1 aliphatic rings. The van der Waals surface area contributed by atoms with Crippen LogP contribution in [0.15, 0.2) is 60.8 Å². The van der Waals surface area contributed by atoms with E-state index in [2.05, 4.69) is 42.2 Å². The number of aromatic nitrogens is 1. The van der Waals surface area contributed by atoms with E-state index >= 15 is 0 Å². The molecule has 0 saturated carbocycles. The highest BCUT2D eigenvalue weighted by atomic mass is 32.1. The molecule has 14 nitrogen and oxygen atoms in total. The number of thiol groups is 1. The van der Waals surface area contributed by atoms with Crippen LogP contribution in [-0.2, 0) is 41.6 Å². The number of para-hydroxylation sites is 1. The van der Waals surface area contributed by atoms with Gasteiger partial charge < -0.3 is 42.2 Å². The molecule has 3 aromatic rings. The summed E-state index contributed by atoms with van der Waals surface area (Å²) in [6.07, 6.45) is 2.52. The zero-order valence-electron chi connectivity index (χ0n) is 38.0. The van der Waals surface area contributed by atoms with Crippen molar-refractivity contribution in [3.63, 3.8) is 0 Å². The van der Waals surface area contributed by atoms with Crippen molar-refractivity contribution in [3.8, 4) is 0 Å². The minimum Gasteiger partial charge on any atom is -0.361 e. The minimum absolute atomic E-state index is 0.0453. The molecule has 0 bridgehead atoms. The maximum absolute atomic E-state index is 14.5. The first kappa shape index (κ1) is 49.8. The molecule has 0 spiro atoms. The molecule has 1 unspecified atom stereocenters. The van der Waals surface area contributed by atoms with Crippen LogP contribution in [0.2, 0.25) is 0 Å². The molecule has 4 rings (SSSR count). The van der Waals surface area contributed by atoms with E-state index < -0.39 is 88.9 Å². The highest BCUT2D eigenvalue weighted by Gasteiger charge is 2.37. The topological polar surface area (TPSA) is 202 Å². The smallest absolute Gasteiger partial charge is 0.243 e. The van der Waals surface area contributed by atoms with Gasteiger partial charge in [0.1, 0.15) is 30.2 Å². The van der Waals surface area contributed by atoms with Crippen molar-refractivity contribution in [3.05, 3.63) is 71.9 Å². The van der Waals surface area contributed by atoms with Gasteiger partial charge in [-0.25, -0.2) is 0 Å². The number of fused-ring (bicyclic) bond motifs is 1. The molecule has 340 valence electrons. The summed E-state index contributed by atoms with van der Waals surface area (Å²) in [5, 5.41) is 21.4. The summed E-state index contributed by atoms with van der Waals surface area (Å²) < 4.78 is 0. The minimum atomic E-state index is -1.17. The lowest BCUT2D eigenvalue weighted by atomic mass is 9.97. The number of nitrogens with one attached hydrogen (secondary N) is 8. The maximum Gasteiger partial charge on any atom is 0.243 e. The first-order chi connectivity index (χ1) is 29.3. The summed E-state index contributed by atoms with van der Waals surface area (Å²) in [5.74, 6) is -4.44. The molecule has 8 atom stereocenters. The zero-order chi connectivity index (χ0) is 45.8. The van der Waals surface area contributed by atoms with E-state index in [4.69, 9.17) is 12.6 Å². The van der Waals surface area contributed by atoms with E-state index in [1.165, 1.54) is 0 Å². The fourth-order valence-corrected chi connectivity index (χ4v) is 8.12. The Kier molecular flexibility index (Phi) is 18.4. The number of hydrogen-bond acceptors (Lipinski definition) is 8. The average molecular weight is 875 g/mol. The average Bonchev–Trinajstić information content (AvgIpc) is 3.61. The number of hydrogen-bond donors (Lipinski definition) is 9. The molecule has 8 N–H and O–H groups in total. The number of H-pyrrole nitrogens is 1. The first-order valence-electron chi connectivity index (χ1n) is 22.1. The van der Waals surface area contributed by atoms with E-state index in [0.717, 1.165) is 22.0 Å². The van der Waals surface area contributed by atoms with E-state index in [1.807, 2.05) is 110 Å². The Hall–Kier alpha value is -4.89. The summed E-state index contributed by atoms with van der Waals surface area (Å²) in [4.78, 5) is 88.9. The third-order valence-corrected chi connectivity index (χ3v) is 11.9. The molecule has 2 aromatic carbocycles. The van der Waals surface area contributed by atoms with E-state index in [9.17, 15) is 28.8 Å². The Morgan fingerprint density at radius 3 is 1.60 bits per heavy atom. The lowest BCUT2D eigenvalue weighted by Crippen LogP contribution is -2.61. The van der Waals surface area contributed by atoms with Gasteiger partial charge in [-0.15, -0.1) is 0 Å². The zero-order valence-corrected chi connectivity index (χ0v) is 38.9. The van der Waals surface area contributed by atoms with Crippen LogP contribution in [0.5, 0.6) is 0 Å². The molecule has 0 radical (unpaired) electrons. The van der Waals surface area contributed by atoms with Gasteiger partial charge in [-0.05, 0) is 59.6 Å². The van der Waals surface area contributed by atoms with Crippen LogP contribution >= 0.6 is 12.6 Å². The van der Waals surface area contributed by atoms with E-state index in [0.29, 0.717) is 6.42 Å². The molecular weight excluding hydrogens is 805 g/mol. The van der Waals surface area contributed by atoms with Crippen molar-refractivity contribution in [1.29, 1.82) is 0 Å². The number of rotatable bonds is 11. The molecule has 1 aliphatic heterocycles. The molecule has 62 heavy (non-hydrogen) atoms. The third-order valence-electron chi connectivity index (χ3n) is 11.5. The summed E-state index contributed by atoms with van der Waals surface area (Å²) in [6.45, 7) is 18.8. The van der Waals surface area contributed by atoms with Gasteiger partial charge in [0.15, 0.2) is 0 Å². The highest BCUT2D eigenvalue weighted by molar-refractivity contribution is 7.81. The quantitative estimate of drug-likeness (QED) is 0.130.